The highest BCUT2D eigenvalue weighted by molar-refractivity contribution is 5.51. The Morgan fingerprint density at radius 1 is 0.739 bits per heavy atom. The summed E-state index contributed by atoms with van der Waals surface area (Å²) in [4.78, 5) is 26.3. The maximum absolute atomic E-state index is 10.3. The van der Waals surface area contributed by atoms with Crippen LogP contribution in [-0.2, 0) is 9.59 Å². The molecule has 0 N–H and O–H groups in total. The highest BCUT2D eigenvalue weighted by Crippen LogP contribution is 1.87. The van der Waals surface area contributed by atoms with Crippen LogP contribution in [-0.4, -0.2) is 81.3 Å². The zero-order valence-corrected chi connectivity index (χ0v) is 17.4. The van der Waals surface area contributed by atoms with Crippen molar-refractivity contribution < 1.29 is 9.59 Å². The number of hydrogen-bond acceptors (Lipinski definition) is 4. The third-order valence-corrected chi connectivity index (χ3v) is 2.26. The second kappa shape index (κ2) is 26.0. The molecule has 0 spiro atoms. The van der Waals surface area contributed by atoms with Crippen LogP contribution in [0.15, 0.2) is 0 Å². The van der Waals surface area contributed by atoms with Gasteiger partial charge in [0, 0.05) is 33.2 Å². The fourth-order valence-electron chi connectivity index (χ4n) is 1.05. The van der Waals surface area contributed by atoms with Gasteiger partial charge in [-0.05, 0) is 20.0 Å². The first-order valence-corrected chi connectivity index (χ1v) is 8.79. The minimum absolute atomic E-state index is 0.474. The van der Waals surface area contributed by atoms with Gasteiger partial charge >= 0.3 is 0 Å². The quantitative estimate of drug-likeness (QED) is 0.609. The summed E-state index contributed by atoms with van der Waals surface area (Å²) in [7, 11) is 5.69. The summed E-state index contributed by atoms with van der Waals surface area (Å²) >= 11 is 0. The Bertz CT molecular complexity index is 222. The Kier molecular flexibility index (Phi) is 33.9. The molecule has 5 nitrogen and oxygen atoms in total. The molecule has 0 saturated heterocycles. The van der Waals surface area contributed by atoms with Crippen molar-refractivity contribution in [3.8, 4) is 0 Å². The van der Waals surface area contributed by atoms with E-state index in [1.807, 2.05) is 46.7 Å². The number of amides is 1. The number of carbonyl (C=O) groups excluding carboxylic acids is 2. The van der Waals surface area contributed by atoms with Crippen molar-refractivity contribution in [2.75, 3.05) is 53.9 Å². The van der Waals surface area contributed by atoms with Crippen LogP contribution < -0.4 is 0 Å². The Morgan fingerprint density at radius 3 is 1.43 bits per heavy atom. The molecular weight excluding hydrogens is 290 g/mol. The summed E-state index contributed by atoms with van der Waals surface area (Å²) in [6.45, 7) is 18.3. The first-order chi connectivity index (χ1) is 10.8. The molecule has 0 radical (unpaired) electrons. The second-order valence-electron chi connectivity index (χ2n) is 5.55. The molecule has 0 saturated carbocycles. The van der Waals surface area contributed by atoms with Crippen LogP contribution in [0.25, 0.3) is 0 Å². The third kappa shape index (κ3) is 38.7. The van der Waals surface area contributed by atoms with Crippen molar-refractivity contribution in [2.45, 2.75) is 48.5 Å². The molecule has 0 unspecified atom stereocenters. The molecule has 0 aliphatic rings. The van der Waals surface area contributed by atoms with Crippen molar-refractivity contribution >= 4 is 12.7 Å². The Balaban J connectivity index is -0.000000190. The van der Waals surface area contributed by atoms with E-state index in [-0.39, 0.29) is 0 Å². The van der Waals surface area contributed by atoms with Crippen LogP contribution in [0.3, 0.4) is 0 Å². The zero-order chi connectivity index (χ0) is 19.3. The first-order valence-electron chi connectivity index (χ1n) is 8.79. The molecule has 0 aromatic rings. The zero-order valence-electron chi connectivity index (χ0n) is 17.4. The second-order valence-corrected chi connectivity index (χ2v) is 5.55. The first kappa shape index (κ1) is 30.0. The van der Waals surface area contributed by atoms with E-state index in [2.05, 4.69) is 25.7 Å². The van der Waals surface area contributed by atoms with Gasteiger partial charge in [0.25, 0.3) is 0 Å². The van der Waals surface area contributed by atoms with E-state index in [4.69, 9.17) is 0 Å². The number of rotatable bonds is 9. The minimum atomic E-state index is 0.474. The van der Waals surface area contributed by atoms with E-state index in [0.717, 1.165) is 44.8 Å². The van der Waals surface area contributed by atoms with Crippen LogP contribution in [0.1, 0.15) is 48.5 Å². The van der Waals surface area contributed by atoms with Crippen LogP contribution in [0.2, 0.25) is 0 Å². The van der Waals surface area contributed by atoms with E-state index < -0.39 is 0 Å². The molecular formula is C18H43N3O2. The maximum Gasteiger partial charge on any atom is 0.209 e. The van der Waals surface area contributed by atoms with Gasteiger partial charge in [0.15, 0.2) is 0 Å². The average molecular weight is 334 g/mol. The predicted octanol–water partition coefficient (Wildman–Crippen LogP) is 2.85. The monoisotopic (exact) mass is 333 g/mol. The molecule has 0 bridgehead atoms. The Labute approximate surface area is 146 Å². The lowest BCUT2D eigenvalue weighted by molar-refractivity contribution is -0.117. The summed E-state index contributed by atoms with van der Waals surface area (Å²) in [5.74, 6) is 0.833. The van der Waals surface area contributed by atoms with E-state index in [1.54, 1.807) is 11.9 Å². The number of hydrogen-bond donors (Lipinski definition) is 0. The molecule has 1 amide bonds. The minimum Gasteiger partial charge on any atom is -0.347 e. The maximum atomic E-state index is 10.3. The van der Waals surface area contributed by atoms with Crippen molar-refractivity contribution in [2.24, 2.45) is 5.92 Å². The van der Waals surface area contributed by atoms with Gasteiger partial charge < -0.3 is 14.6 Å². The summed E-state index contributed by atoms with van der Waals surface area (Å²) in [6.07, 6.45) is 1.73. The molecule has 0 heterocycles. The summed E-state index contributed by atoms with van der Waals surface area (Å²) in [5.41, 5.74) is 0. The molecule has 0 fully saturated rings. The molecule has 0 rings (SSSR count). The van der Waals surface area contributed by atoms with Crippen LogP contribution in [0, 0.1) is 5.92 Å². The average Bonchev–Trinajstić information content (AvgIpc) is 2.54. The van der Waals surface area contributed by atoms with Crippen LogP contribution in [0.5, 0.6) is 0 Å². The number of likely N-dealkylation sites (N-methyl/N-ethyl adjacent to an activating group) is 3. The summed E-state index contributed by atoms with van der Waals surface area (Å²) in [5, 5.41) is 0. The van der Waals surface area contributed by atoms with Crippen molar-refractivity contribution in [3.05, 3.63) is 0 Å². The number of aldehydes is 1. The highest BCUT2D eigenvalue weighted by Gasteiger charge is 2.02. The summed E-state index contributed by atoms with van der Waals surface area (Å²) < 4.78 is 0. The largest absolute Gasteiger partial charge is 0.347 e. The van der Waals surface area contributed by atoms with E-state index in [0.29, 0.717) is 6.54 Å². The number of nitrogens with zero attached hydrogens (tertiary/aromatic N) is 3. The van der Waals surface area contributed by atoms with Crippen molar-refractivity contribution in [1.82, 2.24) is 14.7 Å². The normalized spacial score (nSPS) is 9.09. The van der Waals surface area contributed by atoms with Gasteiger partial charge in [-0.1, -0.05) is 48.5 Å². The fourth-order valence-corrected chi connectivity index (χ4v) is 1.05. The van der Waals surface area contributed by atoms with Gasteiger partial charge in [-0.25, -0.2) is 0 Å². The summed E-state index contributed by atoms with van der Waals surface area (Å²) in [6, 6.07) is 0. The smallest absolute Gasteiger partial charge is 0.209 e. The van der Waals surface area contributed by atoms with Gasteiger partial charge in [0.2, 0.25) is 6.41 Å². The molecule has 0 atom stereocenters. The predicted molar refractivity (Wildman–Crippen MR) is 103 cm³/mol. The molecule has 5 heteroatoms. The van der Waals surface area contributed by atoms with Crippen LogP contribution in [0.4, 0.5) is 0 Å². The Hall–Kier alpha value is -0.940. The van der Waals surface area contributed by atoms with Gasteiger partial charge in [-0.15, -0.1) is 0 Å². The third-order valence-electron chi connectivity index (χ3n) is 2.26. The van der Waals surface area contributed by atoms with Gasteiger partial charge in [0.05, 0.1) is 6.54 Å². The molecule has 0 aromatic heterocycles. The van der Waals surface area contributed by atoms with Crippen LogP contribution >= 0.6 is 0 Å². The van der Waals surface area contributed by atoms with Gasteiger partial charge in [0.1, 0.15) is 6.29 Å². The lowest BCUT2D eigenvalue weighted by Crippen LogP contribution is -2.35. The van der Waals surface area contributed by atoms with Gasteiger partial charge in [-0.3, -0.25) is 9.69 Å². The molecule has 23 heavy (non-hydrogen) atoms. The standard InChI is InChI=1S/C10H21N3O2.C4H10.2C2H6/c1-11(6-7-13(3)10-15)4-5-12(2)8-9-14;1-4(2)3;2*1-2/h9-10H,4-8H2,1-3H3;4H,1-3H3;2*1-2H3. The van der Waals surface area contributed by atoms with E-state index in [1.165, 1.54) is 0 Å². The molecule has 142 valence electrons. The van der Waals surface area contributed by atoms with Crippen molar-refractivity contribution in [1.29, 1.82) is 0 Å². The van der Waals surface area contributed by atoms with E-state index in [9.17, 15) is 9.59 Å². The molecule has 0 aromatic carbocycles. The fraction of sp³-hybridized carbons (Fsp3) is 0.889. The Morgan fingerprint density at radius 2 is 1.09 bits per heavy atom. The van der Waals surface area contributed by atoms with E-state index >= 15 is 0 Å². The molecule has 0 aliphatic heterocycles. The highest BCUT2D eigenvalue weighted by atomic mass is 16.1. The SMILES string of the molecule is CC.CC.CC(C)C.CN(C=O)CCN(C)CCN(C)CC=O. The number of carbonyl (C=O) groups is 2. The van der Waals surface area contributed by atoms with Crippen molar-refractivity contribution in [3.63, 3.8) is 0 Å². The lowest BCUT2D eigenvalue weighted by Gasteiger charge is -2.22. The lowest BCUT2D eigenvalue weighted by atomic mass is 10.3. The van der Waals surface area contributed by atoms with Gasteiger partial charge in [-0.2, -0.15) is 0 Å². The topological polar surface area (TPSA) is 43.9 Å². The molecule has 0 aliphatic carbocycles.